The highest BCUT2D eigenvalue weighted by Gasteiger charge is 2.32. The lowest BCUT2D eigenvalue weighted by molar-refractivity contribution is -0.116. The van der Waals surface area contributed by atoms with Crippen LogP contribution in [0.3, 0.4) is 0 Å². The summed E-state index contributed by atoms with van der Waals surface area (Å²) in [5, 5.41) is 12.2. The van der Waals surface area contributed by atoms with Crippen LogP contribution in [0.1, 0.15) is 67.2 Å². The Morgan fingerprint density at radius 1 is 1.27 bits per heavy atom. The predicted octanol–water partition coefficient (Wildman–Crippen LogP) is 3.18. The van der Waals surface area contributed by atoms with Gasteiger partial charge >= 0.3 is 0 Å². The number of amides is 1. The van der Waals surface area contributed by atoms with Crippen molar-refractivity contribution in [2.75, 3.05) is 19.6 Å². The summed E-state index contributed by atoms with van der Waals surface area (Å²) in [4.78, 5) is 18.5. The van der Waals surface area contributed by atoms with Crippen LogP contribution in [0, 0.1) is 6.92 Å². The standard InChI is InChI=1S/C23H30N6O/c1-4-29(5-2)13-7-8-17-15(3)25-20(21(17)16-10-11-16)14-18-22(27-28-23(18)30)19-9-6-12-24-26-19/h6,9,12,14,16,25H,4-5,7-8,10-11,13H2,1-3H3,(H,28,30)/b18-14+. The highest BCUT2D eigenvalue weighted by atomic mass is 16.2. The Balaban J connectivity index is 1.63. The van der Waals surface area contributed by atoms with Gasteiger partial charge in [0.2, 0.25) is 0 Å². The molecule has 1 saturated carbocycles. The quantitative estimate of drug-likeness (QED) is 0.626. The maximum absolute atomic E-state index is 12.5. The van der Waals surface area contributed by atoms with E-state index in [-0.39, 0.29) is 5.91 Å². The molecule has 2 aliphatic rings. The first kappa shape index (κ1) is 20.5. The van der Waals surface area contributed by atoms with E-state index in [9.17, 15) is 4.79 Å². The molecule has 1 aliphatic heterocycles. The lowest BCUT2D eigenvalue weighted by Gasteiger charge is -2.17. The van der Waals surface area contributed by atoms with Crippen molar-refractivity contribution in [3.05, 3.63) is 52.1 Å². The molecular formula is C23H30N6O. The lowest BCUT2D eigenvalue weighted by atomic mass is 9.98. The molecule has 0 atom stereocenters. The van der Waals surface area contributed by atoms with Crippen LogP contribution in [0.15, 0.2) is 29.0 Å². The third-order valence-corrected chi connectivity index (χ3v) is 6.04. The highest BCUT2D eigenvalue weighted by Crippen LogP contribution is 2.45. The zero-order valence-electron chi connectivity index (χ0n) is 18.0. The first-order valence-corrected chi connectivity index (χ1v) is 10.9. The summed E-state index contributed by atoms with van der Waals surface area (Å²) in [6, 6.07) is 3.62. The zero-order chi connectivity index (χ0) is 21.1. The fourth-order valence-electron chi connectivity index (χ4n) is 4.24. The van der Waals surface area contributed by atoms with Crippen molar-refractivity contribution in [3.63, 3.8) is 0 Å². The summed E-state index contributed by atoms with van der Waals surface area (Å²) in [6.45, 7) is 9.88. The maximum Gasteiger partial charge on any atom is 0.273 e. The molecule has 30 heavy (non-hydrogen) atoms. The van der Waals surface area contributed by atoms with E-state index in [1.54, 1.807) is 12.3 Å². The minimum atomic E-state index is -0.201. The Morgan fingerprint density at radius 2 is 2.07 bits per heavy atom. The minimum Gasteiger partial charge on any atom is -0.359 e. The van der Waals surface area contributed by atoms with E-state index in [1.165, 1.54) is 29.7 Å². The number of aryl methyl sites for hydroxylation is 1. The maximum atomic E-state index is 12.5. The van der Waals surface area contributed by atoms with Crippen molar-refractivity contribution in [3.8, 4) is 0 Å². The first-order chi connectivity index (χ1) is 14.6. The van der Waals surface area contributed by atoms with Crippen LogP contribution in [-0.4, -0.2) is 51.3 Å². The van der Waals surface area contributed by atoms with Crippen LogP contribution >= 0.6 is 0 Å². The molecule has 2 aromatic rings. The van der Waals surface area contributed by atoms with Gasteiger partial charge in [0, 0.05) is 17.6 Å². The monoisotopic (exact) mass is 406 g/mol. The molecule has 0 unspecified atom stereocenters. The SMILES string of the molecule is CCN(CC)CCCc1c(C)[nH]c(/C=C2/C(=O)NN=C2c2cccnn2)c1C1CC1. The average molecular weight is 407 g/mol. The highest BCUT2D eigenvalue weighted by molar-refractivity contribution is 6.32. The van der Waals surface area contributed by atoms with Gasteiger partial charge in [-0.2, -0.15) is 10.2 Å². The molecule has 2 aromatic heterocycles. The average Bonchev–Trinajstić information content (AvgIpc) is 3.47. The van der Waals surface area contributed by atoms with E-state index >= 15 is 0 Å². The van der Waals surface area contributed by atoms with Gasteiger partial charge in [0.15, 0.2) is 0 Å². The number of nitrogens with one attached hydrogen (secondary N) is 2. The van der Waals surface area contributed by atoms with Crippen LogP contribution in [0.4, 0.5) is 0 Å². The number of aromatic nitrogens is 3. The number of nitrogens with zero attached hydrogens (tertiary/aromatic N) is 4. The molecule has 2 N–H and O–H groups in total. The predicted molar refractivity (Wildman–Crippen MR) is 118 cm³/mol. The van der Waals surface area contributed by atoms with E-state index in [0.29, 0.717) is 22.9 Å². The van der Waals surface area contributed by atoms with Crippen LogP contribution in [-0.2, 0) is 11.2 Å². The Labute approximate surface area is 177 Å². The number of H-pyrrole nitrogens is 1. The molecule has 0 saturated heterocycles. The second-order valence-corrected chi connectivity index (χ2v) is 8.03. The smallest absolute Gasteiger partial charge is 0.273 e. The van der Waals surface area contributed by atoms with Gasteiger partial charge in [0.25, 0.3) is 5.91 Å². The van der Waals surface area contributed by atoms with Gasteiger partial charge in [-0.25, -0.2) is 5.43 Å². The summed E-state index contributed by atoms with van der Waals surface area (Å²) in [5.74, 6) is 0.388. The molecule has 4 rings (SSSR count). The number of carbonyl (C=O) groups excluding carboxylic acids is 1. The van der Waals surface area contributed by atoms with Gasteiger partial charge in [-0.1, -0.05) is 13.8 Å². The molecule has 0 spiro atoms. The van der Waals surface area contributed by atoms with Crippen molar-refractivity contribution in [2.24, 2.45) is 5.10 Å². The summed E-state index contributed by atoms with van der Waals surface area (Å²) in [6.07, 6.45) is 8.20. The Kier molecular flexibility index (Phi) is 6.08. The molecule has 1 aliphatic carbocycles. The van der Waals surface area contributed by atoms with Gasteiger partial charge < -0.3 is 9.88 Å². The van der Waals surface area contributed by atoms with Gasteiger partial charge in [-0.15, -0.1) is 5.10 Å². The number of hydrazone groups is 1. The van der Waals surface area contributed by atoms with E-state index in [2.05, 4.69) is 51.4 Å². The van der Waals surface area contributed by atoms with Crippen molar-refractivity contribution >= 4 is 17.7 Å². The minimum absolute atomic E-state index is 0.201. The van der Waals surface area contributed by atoms with Gasteiger partial charge in [-0.05, 0) is 87.5 Å². The van der Waals surface area contributed by atoms with Crippen molar-refractivity contribution < 1.29 is 4.79 Å². The molecule has 3 heterocycles. The number of aromatic amines is 1. The third-order valence-electron chi connectivity index (χ3n) is 6.04. The van der Waals surface area contributed by atoms with Crippen LogP contribution in [0.5, 0.6) is 0 Å². The molecule has 0 radical (unpaired) electrons. The fraction of sp³-hybridized carbons (Fsp3) is 0.478. The van der Waals surface area contributed by atoms with E-state index < -0.39 is 0 Å². The van der Waals surface area contributed by atoms with Crippen molar-refractivity contribution in [2.45, 2.75) is 52.4 Å². The number of carbonyl (C=O) groups is 1. The molecule has 1 amide bonds. The van der Waals surface area contributed by atoms with Crippen molar-refractivity contribution in [1.82, 2.24) is 25.5 Å². The summed E-state index contributed by atoms with van der Waals surface area (Å²) >= 11 is 0. The van der Waals surface area contributed by atoms with Crippen LogP contribution in [0.2, 0.25) is 0 Å². The van der Waals surface area contributed by atoms with Gasteiger partial charge in [0.1, 0.15) is 11.4 Å². The summed E-state index contributed by atoms with van der Waals surface area (Å²) in [7, 11) is 0. The topological polar surface area (TPSA) is 86.3 Å². The second-order valence-electron chi connectivity index (χ2n) is 8.03. The van der Waals surface area contributed by atoms with Crippen LogP contribution in [0.25, 0.3) is 6.08 Å². The lowest BCUT2D eigenvalue weighted by Crippen LogP contribution is -2.24. The van der Waals surface area contributed by atoms with Crippen molar-refractivity contribution in [1.29, 1.82) is 0 Å². The third kappa shape index (κ3) is 4.21. The summed E-state index contributed by atoms with van der Waals surface area (Å²) in [5.41, 5.74) is 9.31. The molecule has 158 valence electrons. The Morgan fingerprint density at radius 3 is 2.73 bits per heavy atom. The second kappa shape index (κ2) is 8.92. The van der Waals surface area contributed by atoms with Crippen LogP contribution < -0.4 is 5.43 Å². The molecule has 1 fully saturated rings. The largest absolute Gasteiger partial charge is 0.359 e. The summed E-state index contributed by atoms with van der Waals surface area (Å²) < 4.78 is 0. The first-order valence-electron chi connectivity index (χ1n) is 10.9. The molecular weight excluding hydrogens is 376 g/mol. The van der Waals surface area contributed by atoms with Gasteiger partial charge in [0.05, 0.1) is 5.57 Å². The molecule has 0 bridgehead atoms. The Bertz CT molecular complexity index is 967. The molecule has 0 aromatic carbocycles. The van der Waals surface area contributed by atoms with E-state index in [0.717, 1.165) is 38.2 Å². The number of hydrogen-bond donors (Lipinski definition) is 2. The zero-order valence-corrected chi connectivity index (χ0v) is 18.0. The number of hydrogen-bond acceptors (Lipinski definition) is 5. The van der Waals surface area contributed by atoms with E-state index in [1.807, 2.05) is 12.1 Å². The Hall–Kier alpha value is -2.80. The molecule has 7 heteroatoms. The van der Waals surface area contributed by atoms with E-state index in [4.69, 9.17) is 0 Å². The fourth-order valence-corrected chi connectivity index (χ4v) is 4.24. The number of rotatable bonds is 9. The normalized spacial score (nSPS) is 17.7. The van der Waals surface area contributed by atoms with Gasteiger partial charge in [-0.3, -0.25) is 4.79 Å². The molecule has 7 nitrogen and oxygen atoms in total.